The summed E-state index contributed by atoms with van der Waals surface area (Å²) in [6.07, 6.45) is 1.70. The first-order valence-electron chi connectivity index (χ1n) is 8.70. The van der Waals surface area contributed by atoms with Crippen LogP contribution in [0.5, 0.6) is 0 Å². The Balaban J connectivity index is 1.97. The third kappa shape index (κ3) is 3.41. The van der Waals surface area contributed by atoms with Crippen LogP contribution in [0, 0.1) is 22.7 Å². The normalized spacial score (nSPS) is 18.4. The first-order chi connectivity index (χ1) is 13.1. The fourth-order valence-electron chi connectivity index (χ4n) is 3.48. The Bertz CT molecular complexity index is 964. The first-order valence-corrected chi connectivity index (χ1v) is 8.70. The van der Waals surface area contributed by atoms with Crippen molar-refractivity contribution in [3.8, 4) is 23.3 Å². The van der Waals surface area contributed by atoms with E-state index in [1.165, 1.54) is 0 Å². The first kappa shape index (κ1) is 18.2. The van der Waals surface area contributed by atoms with Crippen molar-refractivity contribution < 1.29 is 9.53 Å². The van der Waals surface area contributed by atoms with E-state index in [2.05, 4.69) is 12.1 Å². The lowest BCUT2D eigenvalue weighted by atomic mass is 9.86. The standard InChI is InChI=1S/C22H19N3O2/c1-3-27-22(26)21-20(18(13-24)14-25(21)2)16-10-8-15(9-11-16)19-7-5-4-6-17(19)12-23/h4-11,14,20-21H,3H2,1-2H3. The SMILES string of the molecule is CCOC(=O)C1C(c2ccc(-c3ccccc3C#N)cc2)C(C#N)=CN1C. The molecule has 1 aliphatic rings. The summed E-state index contributed by atoms with van der Waals surface area (Å²) < 4.78 is 5.20. The molecule has 27 heavy (non-hydrogen) atoms. The van der Waals surface area contributed by atoms with Crippen LogP contribution in [0.3, 0.4) is 0 Å². The quantitative estimate of drug-likeness (QED) is 0.782. The predicted octanol–water partition coefficient (Wildman–Crippen LogP) is 3.59. The van der Waals surface area contributed by atoms with Crippen LogP contribution in [0.1, 0.15) is 24.0 Å². The molecule has 0 spiro atoms. The highest BCUT2D eigenvalue weighted by molar-refractivity contribution is 5.80. The van der Waals surface area contributed by atoms with Crippen LogP contribution >= 0.6 is 0 Å². The fourth-order valence-corrected chi connectivity index (χ4v) is 3.48. The Morgan fingerprint density at radius 2 is 1.81 bits per heavy atom. The number of hydrogen-bond acceptors (Lipinski definition) is 5. The summed E-state index contributed by atoms with van der Waals surface area (Å²) in [6.45, 7) is 2.06. The highest BCUT2D eigenvalue weighted by Crippen LogP contribution is 2.37. The van der Waals surface area contributed by atoms with Gasteiger partial charge in [-0.2, -0.15) is 10.5 Å². The molecule has 0 amide bonds. The van der Waals surface area contributed by atoms with Crippen LogP contribution < -0.4 is 0 Å². The topological polar surface area (TPSA) is 77.1 Å². The summed E-state index contributed by atoms with van der Waals surface area (Å²) in [4.78, 5) is 14.2. The molecule has 2 aromatic carbocycles. The molecule has 5 heteroatoms. The average molecular weight is 357 g/mol. The van der Waals surface area contributed by atoms with Gasteiger partial charge in [0.15, 0.2) is 0 Å². The molecule has 2 aromatic rings. The third-order valence-electron chi connectivity index (χ3n) is 4.72. The van der Waals surface area contributed by atoms with Gasteiger partial charge in [-0.1, -0.05) is 42.5 Å². The molecule has 3 rings (SSSR count). The zero-order valence-corrected chi connectivity index (χ0v) is 15.2. The number of ether oxygens (including phenoxy) is 1. The predicted molar refractivity (Wildman–Crippen MR) is 101 cm³/mol. The minimum atomic E-state index is -0.558. The lowest BCUT2D eigenvalue weighted by Crippen LogP contribution is -2.37. The number of carbonyl (C=O) groups is 1. The van der Waals surface area contributed by atoms with E-state index >= 15 is 0 Å². The van der Waals surface area contributed by atoms with Gasteiger partial charge in [0, 0.05) is 13.2 Å². The molecule has 1 heterocycles. The van der Waals surface area contributed by atoms with Gasteiger partial charge in [0.1, 0.15) is 6.04 Å². The van der Waals surface area contributed by atoms with Crippen LogP contribution in [0.25, 0.3) is 11.1 Å². The second-order valence-electron chi connectivity index (χ2n) is 6.32. The van der Waals surface area contributed by atoms with Gasteiger partial charge in [0.2, 0.25) is 0 Å². The van der Waals surface area contributed by atoms with Crippen molar-refractivity contribution in [3.05, 3.63) is 71.4 Å². The van der Waals surface area contributed by atoms with Crippen molar-refractivity contribution in [2.24, 2.45) is 0 Å². The van der Waals surface area contributed by atoms with Crippen LogP contribution in [0.2, 0.25) is 0 Å². The molecule has 2 unspecified atom stereocenters. The summed E-state index contributed by atoms with van der Waals surface area (Å²) in [5, 5.41) is 18.8. The summed E-state index contributed by atoms with van der Waals surface area (Å²) in [7, 11) is 1.77. The van der Waals surface area contributed by atoms with Crippen molar-refractivity contribution in [1.29, 1.82) is 10.5 Å². The van der Waals surface area contributed by atoms with E-state index in [4.69, 9.17) is 4.74 Å². The van der Waals surface area contributed by atoms with Gasteiger partial charge in [0.25, 0.3) is 0 Å². The summed E-state index contributed by atoms with van der Waals surface area (Å²) in [5.74, 6) is -0.718. The smallest absolute Gasteiger partial charge is 0.329 e. The lowest BCUT2D eigenvalue weighted by Gasteiger charge is -2.25. The lowest BCUT2D eigenvalue weighted by molar-refractivity contribution is -0.148. The van der Waals surface area contributed by atoms with Gasteiger partial charge in [0.05, 0.1) is 35.8 Å². The summed E-state index contributed by atoms with van der Waals surface area (Å²) in [6, 6.07) is 18.9. The van der Waals surface area contributed by atoms with Crippen LogP contribution in [-0.2, 0) is 9.53 Å². The largest absolute Gasteiger partial charge is 0.464 e. The molecule has 0 radical (unpaired) electrons. The van der Waals surface area contributed by atoms with Gasteiger partial charge in [-0.25, -0.2) is 4.79 Å². The van der Waals surface area contributed by atoms with Gasteiger partial charge < -0.3 is 9.64 Å². The number of hydrogen-bond donors (Lipinski definition) is 0. The highest BCUT2D eigenvalue weighted by atomic mass is 16.5. The van der Waals surface area contributed by atoms with Crippen molar-refractivity contribution >= 4 is 5.97 Å². The van der Waals surface area contributed by atoms with E-state index in [1.807, 2.05) is 42.5 Å². The van der Waals surface area contributed by atoms with Crippen molar-refractivity contribution in [2.45, 2.75) is 18.9 Å². The molecule has 0 fully saturated rings. The maximum Gasteiger partial charge on any atom is 0.329 e. The maximum atomic E-state index is 12.4. The molecule has 1 aliphatic heterocycles. The van der Waals surface area contributed by atoms with Gasteiger partial charge in [-0.15, -0.1) is 0 Å². The second kappa shape index (κ2) is 7.76. The minimum Gasteiger partial charge on any atom is -0.464 e. The molecular formula is C22H19N3O2. The molecule has 2 atom stereocenters. The Morgan fingerprint density at radius 3 is 2.44 bits per heavy atom. The molecule has 0 saturated carbocycles. The number of likely N-dealkylation sites (N-methyl/N-ethyl adjacent to an activating group) is 1. The number of rotatable bonds is 4. The summed E-state index contributed by atoms with van der Waals surface area (Å²) in [5.41, 5.74) is 3.77. The molecule has 0 aliphatic carbocycles. The fraction of sp³-hybridized carbons (Fsp3) is 0.227. The van der Waals surface area contributed by atoms with Crippen molar-refractivity contribution in [3.63, 3.8) is 0 Å². The Hall–Kier alpha value is -3.57. The number of esters is 1. The molecular weight excluding hydrogens is 338 g/mol. The van der Waals surface area contributed by atoms with Crippen LogP contribution in [0.15, 0.2) is 60.3 Å². The summed E-state index contributed by atoms with van der Waals surface area (Å²) >= 11 is 0. The van der Waals surface area contributed by atoms with E-state index in [0.29, 0.717) is 17.7 Å². The van der Waals surface area contributed by atoms with Gasteiger partial charge in [-0.3, -0.25) is 0 Å². The van der Waals surface area contributed by atoms with E-state index < -0.39 is 6.04 Å². The van der Waals surface area contributed by atoms with Gasteiger partial charge in [-0.05, 0) is 29.7 Å². The Morgan fingerprint density at radius 1 is 1.11 bits per heavy atom. The number of benzene rings is 2. The number of nitriles is 2. The highest BCUT2D eigenvalue weighted by Gasteiger charge is 2.40. The number of nitrogens with zero attached hydrogens (tertiary/aromatic N) is 3. The Kier molecular flexibility index (Phi) is 5.24. The van der Waals surface area contributed by atoms with Crippen molar-refractivity contribution in [2.75, 3.05) is 13.7 Å². The minimum absolute atomic E-state index is 0.293. The monoisotopic (exact) mass is 357 g/mol. The van der Waals surface area contributed by atoms with E-state index in [1.54, 1.807) is 31.1 Å². The van der Waals surface area contributed by atoms with E-state index in [0.717, 1.165) is 16.7 Å². The zero-order chi connectivity index (χ0) is 19.4. The van der Waals surface area contributed by atoms with Crippen LogP contribution in [-0.4, -0.2) is 30.6 Å². The molecule has 134 valence electrons. The van der Waals surface area contributed by atoms with Crippen LogP contribution in [0.4, 0.5) is 0 Å². The second-order valence-corrected chi connectivity index (χ2v) is 6.32. The zero-order valence-electron chi connectivity index (χ0n) is 15.2. The van der Waals surface area contributed by atoms with E-state index in [9.17, 15) is 15.3 Å². The molecule has 5 nitrogen and oxygen atoms in total. The number of carbonyl (C=O) groups excluding carboxylic acids is 1. The van der Waals surface area contributed by atoms with Crippen molar-refractivity contribution in [1.82, 2.24) is 4.90 Å². The van der Waals surface area contributed by atoms with E-state index in [-0.39, 0.29) is 11.9 Å². The maximum absolute atomic E-state index is 12.4. The molecule has 0 bridgehead atoms. The van der Waals surface area contributed by atoms with Gasteiger partial charge >= 0.3 is 5.97 Å². The third-order valence-corrected chi connectivity index (χ3v) is 4.72. The molecule has 0 aromatic heterocycles. The molecule has 0 N–H and O–H groups in total. The Labute approximate surface area is 158 Å². The average Bonchev–Trinajstić information content (AvgIpc) is 3.04. The molecule has 0 saturated heterocycles.